The highest BCUT2D eigenvalue weighted by Gasteiger charge is 2.35. The summed E-state index contributed by atoms with van der Waals surface area (Å²) in [5.74, 6) is -7.22. The van der Waals surface area contributed by atoms with Gasteiger partial charge in [-0.1, -0.05) is 0 Å². The number of carbonyl (C=O) groups is 3. The second-order valence-electron chi connectivity index (χ2n) is 8.89. The lowest BCUT2D eigenvalue weighted by Crippen LogP contribution is -2.47. The molecule has 2 atom stereocenters. The van der Waals surface area contributed by atoms with Crippen molar-refractivity contribution in [3.8, 4) is 0 Å². The number of amides is 1. The predicted molar refractivity (Wildman–Crippen MR) is 103 cm³/mol. The highest BCUT2D eigenvalue weighted by molar-refractivity contribution is 5.86. The van der Waals surface area contributed by atoms with E-state index in [1.807, 2.05) is 0 Å². The van der Waals surface area contributed by atoms with Gasteiger partial charge in [0.25, 0.3) is 0 Å². The number of ketones is 1. The van der Waals surface area contributed by atoms with Gasteiger partial charge in [-0.05, 0) is 67.0 Å². The van der Waals surface area contributed by atoms with Crippen LogP contribution >= 0.6 is 0 Å². The SMILES string of the molecule is CC(=O)C(CC(NC(=O)OC(C)(C)C)C(=O)OC(C)(C)C)c1c(F)ccc(F)c1F. The monoisotopic (exact) mass is 431 g/mol. The molecule has 1 N–H and O–H groups in total. The molecule has 1 aromatic carbocycles. The fraction of sp³-hybridized carbons (Fsp3) is 0.571. The minimum atomic E-state index is -1.55. The molecule has 0 bridgehead atoms. The number of nitrogens with one attached hydrogen (secondary N) is 1. The van der Waals surface area contributed by atoms with Crippen LogP contribution in [-0.2, 0) is 19.1 Å². The summed E-state index contributed by atoms with van der Waals surface area (Å²) in [5, 5.41) is 2.28. The summed E-state index contributed by atoms with van der Waals surface area (Å²) in [6.07, 6.45) is -1.54. The Morgan fingerprint density at radius 2 is 1.43 bits per heavy atom. The Hall–Kier alpha value is -2.58. The van der Waals surface area contributed by atoms with E-state index in [0.717, 1.165) is 6.92 Å². The summed E-state index contributed by atoms with van der Waals surface area (Å²) < 4.78 is 52.6. The van der Waals surface area contributed by atoms with Gasteiger partial charge in [0.1, 0.15) is 28.8 Å². The normalized spacial score (nSPS) is 13.9. The Kier molecular flexibility index (Phi) is 8.05. The lowest BCUT2D eigenvalue weighted by molar-refractivity contribution is -0.157. The molecule has 0 aliphatic carbocycles. The molecule has 0 spiro atoms. The Morgan fingerprint density at radius 3 is 1.90 bits per heavy atom. The number of esters is 1. The van der Waals surface area contributed by atoms with E-state index in [4.69, 9.17) is 9.47 Å². The van der Waals surface area contributed by atoms with Crippen molar-refractivity contribution in [2.24, 2.45) is 0 Å². The summed E-state index contributed by atoms with van der Waals surface area (Å²) in [4.78, 5) is 37.0. The van der Waals surface area contributed by atoms with Crippen LogP contribution in [0.4, 0.5) is 18.0 Å². The number of alkyl carbamates (subject to hydrolysis) is 1. The summed E-state index contributed by atoms with van der Waals surface area (Å²) in [6.45, 7) is 10.6. The predicted octanol–water partition coefficient (Wildman–Crippen LogP) is 4.40. The third-order valence-corrected chi connectivity index (χ3v) is 3.77. The third kappa shape index (κ3) is 7.68. The maximum absolute atomic E-state index is 14.3. The van der Waals surface area contributed by atoms with Crippen molar-refractivity contribution in [1.82, 2.24) is 5.32 Å². The number of rotatable bonds is 6. The summed E-state index contributed by atoms with van der Waals surface area (Å²) in [7, 11) is 0. The first-order valence-corrected chi connectivity index (χ1v) is 9.38. The van der Waals surface area contributed by atoms with E-state index in [2.05, 4.69) is 5.32 Å². The van der Waals surface area contributed by atoms with Gasteiger partial charge in [0.2, 0.25) is 0 Å². The van der Waals surface area contributed by atoms with Crippen molar-refractivity contribution in [1.29, 1.82) is 0 Å². The zero-order valence-corrected chi connectivity index (χ0v) is 18.2. The number of carbonyl (C=O) groups excluding carboxylic acids is 3. The summed E-state index contributed by atoms with van der Waals surface area (Å²) in [6, 6.07) is -0.196. The van der Waals surface area contributed by atoms with E-state index < -0.39 is 70.4 Å². The molecule has 0 radical (unpaired) electrons. The van der Waals surface area contributed by atoms with Gasteiger partial charge in [0, 0.05) is 5.56 Å². The van der Waals surface area contributed by atoms with Crippen LogP contribution in [0.3, 0.4) is 0 Å². The molecular formula is C21H28F3NO5. The molecule has 0 aromatic heterocycles. The largest absolute Gasteiger partial charge is 0.458 e. The van der Waals surface area contributed by atoms with Crippen LogP contribution in [0.2, 0.25) is 0 Å². The molecule has 6 nitrogen and oxygen atoms in total. The van der Waals surface area contributed by atoms with Gasteiger partial charge >= 0.3 is 12.1 Å². The van der Waals surface area contributed by atoms with E-state index in [1.54, 1.807) is 41.5 Å². The Balaban J connectivity index is 3.30. The fourth-order valence-corrected chi connectivity index (χ4v) is 2.62. The fourth-order valence-electron chi connectivity index (χ4n) is 2.62. The topological polar surface area (TPSA) is 81.7 Å². The molecule has 0 aliphatic heterocycles. The lowest BCUT2D eigenvalue weighted by Gasteiger charge is -2.28. The minimum absolute atomic E-state index is 0.555. The molecule has 168 valence electrons. The molecule has 0 saturated carbocycles. The Bertz CT molecular complexity index is 812. The van der Waals surface area contributed by atoms with E-state index in [-0.39, 0.29) is 0 Å². The Labute approximate surface area is 174 Å². The third-order valence-electron chi connectivity index (χ3n) is 3.77. The van der Waals surface area contributed by atoms with Crippen LogP contribution in [0.1, 0.15) is 66.4 Å². The molecule has 1 aromatic rings. The van der Waals surface area contributed by atoms with Gasteiger partial charge in [0.05, 0.1) is 5.92 Å². The first kappa shape index (κ1) is 25.5. The maximum Gasteiger partial charge on any atom is 0.408 e. The highest BCUT2D eigenvalue weighted by Crippen LogP contribution is 2.30. The molecule has 9 heteroatoms. The van der Waals surface area contributed by atoms with Gasteiger partial charge in [-0.3, -0.25) is 4.79 Å². The molecule has 1 amide bonds. The van der Waals surface area contributed by atoms with Crippen LogP contribution in [0, 0.1) is 17.5 Å². The van der Waals surface area contributed by atoms with Crippen LogP contribution in [-0.4, -0.2) is 35.1 Å². The Morgan fingerprint density at radius 1 is 0.933 bits per heavy atom. The van der Waals surface area contributed by atoms with Gasteiger partial charge in [0.15, 0.2) is 11.6 Å². The number of halogens is 3. The quantitative estimate of drug-likeness (QED) is 0.533. The zero-order valence-electron chi connectivity index (χ0n) is 18.2. The van der Waals surface area contributed by atoms with Crippen LogP contribution < -0.4 is 5.32 Å². The first-order valence-electron chi connectivity index (χ1n) is 9.38. The second kappa shape index (κ2) is 9.49. The lowest BCUT2D eigenvalue weighted by atomic mass is 9.88. The second-order valence-corrected chi connectivity index (χ2v) is 8.89. The molecule has 30 heavy (non-hydrogen) atoms. The average molecular weight is 431 g/mol. The molecule has 2 unspecified atom stereocenters. The van der Waals surface area contributed by atoms with Crippen molar-refractivity contribution in [3.63, 3.8) is 0 Å². The number of hydrogen-bond acceptors (Lipinski definition) is 5. The molecule has 0 aliphatic rings. The van der Waals surface area contributed by atoms with Crippen molar-refractivity contribution in [2.75, 3.05) is 0 Å². The number of hydrogen-bond donors (Lipinski definition) is 1. The average Bonchev–Trinajstić information content (AvgIpc) is 2.53. The van der Waals surface area contributed by atoms with Gasteiger partial charge < -0.3 is 14.8 Å². The number of benzene rings is 1. The zero-order chi connectivity index (χ0) is 23.4. The molecule has 0 heterocycles. The van der Waals surface area contributed by atoms with Crippen molar-refractivity contribution in [2.45, 2.75) is 78.0 Å². The maximum atomic E-state index is 14.3. The number of ether oxygens (including phenoxy) is 2. The molecule has 0 fully saturated rings. The summed E-state index contributed by atoms with van der Waals surface area (Å²) >= 11 is 0. The van der Waals surface area contributed by atoms with Crippen LogP contribution in [0.15, 0.2) is 12.1 Å². The molecule has 0 saturated heterocycles. The van der Waals surface area contributed by atoms with Gasteiger partial charge in [-0.2, -0.15) is 0 Å². The van der Waals surface area contributed by atoms with Crippen LogP contribution in [0.25, 0.3) is 0 Å². The molecule has 1 rings (SSSR count). The first-order chi connectivity index (χ1) is 13.5. The summed E-state index contributed by atoms with van der Waals surface area (Å²) in [5.41, 5.74) is -2.64. The highest BCUT2D eigenvalue weighted by atomic mass is 19.2. The minimum Gasteiger partial charge on any atom is -0.458 e. The van der Waals surface area contributed by atoms with Crippen molar-refractivity contribution in [3.05, 3.63) is 35.1 Å². The van der Waals surface area contributed by atoms with E-state index in [9.17, 15) is 27.6 Å². The van der Waals surface area contributed by atoms with Crippen molar-refractivity contribution < 1.29 is 37.0 Å². The van der Waals surface area contributed by atoms with E-state index in [0.29, 0.717) is 12.1 Å². The van der Waals surface area contributed by atoms with Crippen LogP contribution in [0.5, 0.6) is 0 Å². The van der Waals surface area contributed by atoms with Gasteiger partial charge in [-0.15, -0.1) is 0 Å². The van der Waals surface area contributed by atoms with E-state index >= 15 is 0 Å². The standard InChI is InChI=1S/C21H28F3NO5/c1-11(26)12(16-13(22)8-9-14(23)17(16)24)10-15(18(27)29-20(2,3)4)25-19(28)30-21(5,6)7/h8-9,12,15H,10H2,1-7H3,(H,25,28). The number of Topliss-reactive ketones (excluding diaryl/α,β-unsaturated/α-hetero) is 1. The van der Waals surface area contributed by atoms with Gasteiger partial charge in [-0.25, -0.2) is 22.8 Å². The van der Waals surface area contributed by atoms with Crippen molar-refractivity contribution >= 4 is 17.8 Å². The van der Waals surface area contributed by atoms with E-state index in [1.165, 1.54) is 0 Å². The molecular weight excluding hydrogens is 403 g/mol. The smallest absolute Gasteiger partial charge is 0.408 e.